The van der Waals surface area contributed by atoms with Crippen LogP contribution in [0.2, 0.25) is 0 Å². The van der Waals surface area contributed by atoms with E-state index in [9.17, 15) is 0 Å². The van der Waals surface area contributed by atoms with Gasteiger partial charge < -0.3 is 34.3 Å². The van der Waals surface area contributed by atoms with Gasteiger partial charge in [0.05, 0.1) is 0 Å². The summed E-state index contributed by atoms with van der Waals surface area (Å²) >= 11 is 3.68. The number of fused-ring (bicyclic) bond motifs is 9. The van der Waals surface area contributed by atoms with Crippen LogP contribution < -0.4 is 0 Å². The molecule has 11 aromatic carbocycles. The third-order valence-electron chi connectivity index (χ3n) is 18.0. The molecule has 578 valence electrons. The molecule has 0 atom stereocenters. The molecule has 0 bridgehead atoms. The van der Waals surface area contributed by atoms with Crippen LogP contribution in [0.25, 0.3) is 152 Å². The van der Waals surface area contributed by atoms with E-state index in [0.29, 0.717) is 0 Å². The SMILES string of the molecule is Cc1cccc(-c2[c-]cccc2)n1.Cc1cccc(-c2[c-]cccc2)n1.Cc1cccc(-c2[c-]cccc2)n1.Cc1ccnc(-c2[c-]ccc3c2sc2ccccc23)c1.[Ir].[Ir].[Ir].[Ir].[Ir].[Ir].[c-]1ccc(-c2cccc3c2oc2ccccc23)cc1-c1ccccn1.[c-]1ccc(-c2cccc3c2sc2ccccc23)cc1-c1ccccn1. The van der Waals surface area contributed by atoms with Crippen LogP contribution in [-0.2, 0) is 121 Å². The van der Waals surface area contributed by atoms with Crippen LogP contribution in [0.5, 0.6) is 0 Å². The van der Waals surface area contributed by atoms with Crippen LogP contribution in [0.1, 0.15) is 22.6 Å². The summed E-state index contributed by atoms with van der Waals surface area (Å²) in [7, 11) is 0. The first-order valence-corrected chi connectivity index (χ1v) is 37.5. The van der Waals surface area contributed by atoms with Gasteiger partial charge in [0, 0.05) is 198 Å². The fraction of sp³-hybridized carbons (Fsp3) is 0.0400. The number of pyridine rings is 6. The number of hydrogen-bond donors (Lipinski definition) is 0. The molecule has 6 radical (unpaired) electrons. The maximum atomic E-state index is 6.16. The number of thiophene rings is 2. The fourth-order valence-corrected chi connectivity index (χ4v) is 15.3. The van der Waals surface area contributed by atoms with E-state index in [0.717, 1.165) is 118 Å². The van der Waals surface area contributed by atoms with Crippen LogP contribution in [0.15, 0.2) is 357 Å². The molecule has 0 aliphatic heterocycles. The average Bonchev–Trinajstić information content (AvgIpc) is 1.64. The molecule has 0 saturated carbocycles. The summed E-state index contributed by atoms with van der Waals surface area (Å²) in [5, 5.41) is 7.55. The molecular formula is C100H70Ir6N6OS2-6. The van der Waals surface area contributed by atoms with E-state index in [2.05, 4.69) is 201 Å². The standard InChI is InChI=1S/C23H14NO.C23H14NS.C18H12NS.3C12H10N.6Ir/c2*1-2-13-22-19(9-1)20-11-6-10-18(23(20)25-22)16-7-5-8-17(15-16)21-12-3-4-14-24-21;1-12-9-10-19-16(11-12)15-7-4-6-14-13-5-2-3-8-17(13)20-18(14)15;3*1-10-6-5-9-12(13-10)11-7-3-2-4-8-11;;;;;;/h2*1-7,9-15H;2-6,8-11H,1H3;3*2-7,9H,1H3;;;;;;/q6*-1;;;;;;. The Bertz CT molecular complexity index is 6070. The minimum atomic E-state index is 0. The third-order valence-corrected chi connectivity index (χ3v) is 20.5. The average molecular weight is 2590 g/mol. The van der Waals surface area contributed by atoms with E-state index in [4.69, 9.17) is 4.42 Å². The Morgan fingerprint density at radius 2 is 0.670 bits per heavy atom. The number of rotatable bonds is 8. The largest absolute Gasteiger partial charge is 0.455 e. The zero-order valence-electron chi connectivity index (χ0n) is 62.4. The van der Waals surface area contributed by atoms with Crippen molar-refractivity contribution in [1.29, 1.82) is 0 Å². The third kappa shape index (κ3) is 22.4. The van der Waals surface area contributed by atoms with Gasteiger partial charge in [-0.3, -0.25) is 0 Å². The van der Waals surface area contributed by atoms with Crippen molar-refractivity contribution in [3.8, 4) is 89.8 Å². The molecule has 9 heterocycles. The Labute approximate surface area is 760 Å². The first kappa shape index (κ1) is 89.4. The number of benzene rings is 11. The normalized spacial score (nSPS) is 10.2. The second kappa shape index (κ2) is 44.0. The molecule has 0 aliphatic rings. The van der Waals surface area contributed by atoms with Crippen molar-refractivity contribution >= 4 is 85.0 Å². The van der Waals surface area contributed by atoms with Gasteiger partial charge in [0.15, 0.2) is 0 Å². The summed E-state index contributed by atoms with van der Waals surface area (Å²) < 4.78 is 11.4. The zero-order valence-corrected chi connectivity index (χ0v) is 78.4. The van der Waals surface area contributed by atoms with Gasteiger partial charge in [-0.15, -0.1) is 202 Å². The maximum absolute atomic E-state index is 6.16. The number of aromatic nitrogens is 6. The Balaban J connectivity index is 0.000000160. The Morgan fingerprint density at radius 3 is 1.16 bits per heavy atom. The van der Waals surface area contributed by atoms with Gasteiger partial charge >= 0.3 is 0 Å². The molecule has 0 fully saturated rings. The molecule has 15 heteroatoms. The predicted octanol–water partition coefficient (Wildman–Crippen LogP) is 26.5. The van der Waals surface area contributed by atoms with E-state index in [1.165, 1.54) is 57.0 Å². The Hall–Kier alpha value is -9.54. The molecule has 0 unspecified atom stereocenters. The van der Waals surface area contributed by atoms with Crippen molar-refractivity contribution in [3.63, 3.8) is 0 Å². The molecule has 7 nitrogen and oxygen atoms in total. The summed E-state index contributed by atoms with van der Waals surface area (Å²) in [6.45, 7) is 8.07. The van der Waals surface area contributed by atoms with Crippen LogP contribution >= 0.6 is 22.7 Å². The summed E-state index contributed by atoms with van der Waals surface area (Å²) in [6, 6.07) is 132. The molecule has 115 heavy (non-hydrogen) atoms. The number of para-hydroxylation sites is 2. The molecule has 0 amide bonds. The first-order valence-electron chi connectivity index (χ1n) is 35.9. The van der Waals surface area contributed by atoms with E-state index >= 15 is 0 Å². The van der Waals surface area contributed by atoms with Crippen LogP contribution in [0.4, 0.5) is 0 Å². The van der Waals surface area contributed by atoms with Crippen LogP contribution in [0, 0.1) is 64.1 Å². The Kier molecular flexibility index (Phi) is 34.2. The number of aryl methyl sites for hydroxylation is 4. The van der Waals surface area contributed by atoms with Crippen molar-refractivity contribution in [2.75, 3.05) is 0 Å². The van der Waals surface area contributed by atoms with Crippen molar-refractivity contribution in [2.24, 2.45) is 0 Å². The molecule has 9 aromatic heterocycles. The smallest absolute Gasteiger partial charge is 0.141 e. The topological polar surface area (TPSA) is 90.5 Å². The van der Waals surface area contributed by atoms with E-state index in [-0.39, 0.29) is 121 Å². The van der Waals surface area contributed by atoms with E-state index < -0.39 is 0 Å². The van der Waals surface area contributed by atoms with Crippen molar-refractivity contribution in [1.82, 2.24) is 29.9 Å². The fourth-order valence-electron chi connectivity index (χ4n) is 12.8. The van der Waals surface area contributed by atoms with Crippen molar-refractivity contribution in [2.45, 2.75) is 27.7 Å². The van der Waals surface area contributed by atoms with Crippen LogP contribution in [-0.4, -0.2) is 29.9 Å². The van der Waals surface area contributed by atoms with E-state index in [1.54, 1.807) is 6.20 Å². The second-order valence-electron chi connectivity index (χ2n) is 25.7. The number of nitrogens with zero attached hydrogens (tertiary/aromatic N) is 6. The second-order valence-corrected chi connectivity index (χ2v) is 27.8. The van der Waals surface area contributed by atoms with Gasteiger partial charge in [0.1, 0.15) is 11.2 Å². The molecule has 0 spiro atoms. The number of furan rings is 1. The monoisotopic (exact) mass is 2590 g/mol. The minimum Gasteiger partial charge on any atom is -0.455 e. The van der Waals surface area contributed by atoms with Crippen LogP contribution in [0.3, 0.4) is 0 Å². The summed E-state index contributed by atoms with van der Waals surface area (Å²) in [5.41, 5.74) is 22.9. The summed E-state index contributed by atoms with van der Waals surface area (Å²) in [4.78, 5) is 26.6. The molecule has 20 rings (SSSR count). The summed E-state index contributed by atoms with van der Waals surface area (Å²) in [6.07, 6.45) is 5.49. The van der Waals surface area contributed by atoms with E-state index in [1.807, 2.05) is 262 Å². The van der Waals surface area contributed by atoms with Gasteiger partial charge in [-0.05, 0) is 132 Å². The van der Waals surface area contributed by atoms with Gasteiger partial charge in [-0.1, -0.05) is 180 Å². The molecule has 0 N–H and O–H groups in total. The molecule has 20 aromatic rings. The minimum absolute atomic E-state index is 0. The van der Waals surface area contributed by atoms with Crippen molar-refractivity contribution in [3.05, 3.63) is 411 Å². The Morgan fingerprint density at radius 1 is 0.270 bits per heavy atom. The van der Waals surface area contributed by atoms with Gasteiger partial charge in [-0.2, -0.15) is 11.3 Å². The zero-order chi connectivity index (χ0) is 74.1. The summed E-state index contributed by atoms with van der Waals surface area (Å²) in [5.74, 6) is 0. The first-order chi connectivity index (χ1) is 53.7. The number of hydrogen-bond acceptors (Lipinski definition) is 9. The molecular weight excluding hydrogens is 2520 g/mol. The van der Waals surface area contributed by atoms with Gasteiger partial charge in [-0.25, -0.2) is 0 Å². The molecule has 0 saturated heterocycles. The van der Waals surface area contributed by atoms with Gasteiger partial charge in [0.25, 0.3) is 0 Å². The quantitative estimate of drug-likeness (QED) is 0.140. The van der Waals surface area contributed by atoms with Gasteiger partial charge in [0.2, 0.25) is 0 Å². The maximum Gasteiger partial charge on any atom is 0.141 e. The molecule has 0 aliphatic carbocycles. The predicted molar refractivity (Wildman–Crippen MR) is 454 cm³/mol. The van der Waals surface area contributed by atoms with Crippen molar-refractivity contribution < 1.29 is 125 Å².